The summed E-state index contributed by atoms with van der Waals surface area (Å²) in [5, 5.41) is 22.8. The first kappa shape index (κ1) is 17.0. The first-order valence-electron chi connectivity index (χ1n) is 7.19. The lowest BCUT2D eigenvalue weighted by Crippen LogP contribution is -2.49. The largest absolute Gasteiger partial charge is 0.494 e. The number of hydrogen-bond acceptors (Lipinski definition) is 4. The molecule has 0 saturated heterocycles. The van der Waals surface area contributed by atoms with E-state index in [0.717, 1.165) is 17.7 Å². The lowest BCUT2D eigenvalue weighted by atomic mass is 9.99. The van der Waals surface area contributed by atoms with Crippen LogP contribution in [0.3, 0.4) is 0 Å². The maximum absolute atomic E-state index is 10.3. The molecule has 114 valence electrons. The summed E-state index contributed by atoms with van der Waals surface area (Å²) in [7, 11) is 0. The maximum Gasteiger partial charge on any atom is 0.119 e. The lowest BCUT2D eigenvalue weighted by molar-refractivity contribution is 0.0990. The second kappa shape index (κ2) is 7.62. The van der Waals surface area contributed by atoms with Crippen LogP contribution in [-0.4, -0.2) is 35.0 Å². The van der Waals surface area contributed by atoms with Crippen molar-refractivity contribution >= 4 is 0 Å². The molecule has 2 atom stereocenters. The molecule has 0 bridgehead atoms. The molecule has 1 aromatic rings. The van der Waals surface area contributed by atoms with Crippen LogP contribution in [0.5, 0.6) is 5.75 Å². The second-order valence-electron chi connectivity index (χ2n) is 5.84. The molecule has 0 aliphatic rings. The summed E-state index contributed by atoms with van der Waals surface area (Å²) in [6.07, 6.45) is 0.350. The Balaban J connectivity index is 2.64. The number of aliphatic hydroxyl groups is 2. The van der Waals surface area contributed by atoms with Gasteiger partial charge in [-0.25, -0.2) is 0 Å². The van der Waals surface area contributed by atoms with Gasteiger partial charge in [0, 0.05) is 11.6 Å². The first-order valence-corrected chi connectivity index (χ1v) is 7.19. The molecule has 20 heavy (non-hydrogen) atoms. The van der Waals surface area contributed by atoms with Crippen LogP contribution in [0.2, 0.25) is 0 Å². The SMILES string of the molecule is CCCOc1ccc(C(O)C(C)NC(C)(C)CO)cc1. The van der Waals surface area contributed by atoms with Gasteiger partial charge in [-0.05, 0) is 44.9 Å². The van der Waals surface area contributed by atoms with Crippen molar-refractivity contribution in [3.63, 3.8) is 0 Å². The predicted molar refractivity (Wildman–Crippen MR) is 81.0 cm³/mol. The highest BCUT2D eigenvalue weighted by atomic mass is 16.5. The van der Waals surface area contributed by atoms with E-state index in [1.54, 1.807) is 0 Å². The van der Waals surface area contributed by atoms with E-state index in [1.165, 1.54) is 0 Å². The predicted octanol–water partition coefficient (Wildman–Crippen LogP) is 2.26. The summed E-state index contributed by atoms with van der Waals surface area (Å²) in [5.41, 5.74) is 0.424. The summed E-state index contributed by atoms with van der Waals surface area (Å²) in [6.45, 7) is 8.49. The Morgan fingerprint density at radius 2 is 1.85 bits per heavy atom. The van der Waals surface area contributed by atoms with E-state index in [-0.39, 0.29) is 12.6 Å². The monoisotopic (exact) mass is 281 g/mol. The minimum absolute atomic E-state index is 0.0217. The molecular formula is C16H27NO3. The highest BCUT2D eigenvalue weighted by Crippen LogP contribution is 2.21. The van der Waals surface area contributed by atoms with Crippen molar-refractivity contribution < 1.29 is 14.9 Å². The molecule has 0 aromatic heterocycles. The van der Waals surface area contributed by atoms with Crippen LogP contribution in [-0.2, 0) is 0 Å². The summed E-state index contributed by atoms with van der Waals surface area (Å²) < 4.78 is 5.52. The standard InChI is InChI=1S/C16H27NO3/c1-5-10-20-14-8-6-13(7-9-14)15(19)12(2)17-16(3,4)11-18/h6-9,12,15,17-19H,5,10-11H2,1-4H3. The maximum atomic E-state index is 10.3. The molecule has 0 fully saturated rings. The number of benzene rings is 1. The van der Waals surface area contributed by atoms with E-state index in [0.29, 0.717) is 6.61 Å². The van der Waals surface area contributed by atoms with Crippen molar-refractivity contribution in [3.8, 4) is 5.75 Å². The number of hydrogen-bond donors (Lipinski definition) is 3. The Kier molecular flexibility index (Phi) is 6.46. The molecule has 2 unspecified atom stereocenters. The Bertz CT molecular complexity index is 389. The fourth-order valence-electron chi connectivity index (χ4n) is 2.01. The lowest BCUT2D eigenvalue weighted by Gasteiger charge is -2.31. The molecule has 0 amide bonds. The quantitative estimate of drug-likeness (QED) is 0.684. The van der Waals surface area contributed by atoms with Gasteiger partial charge in [0.15, 0.2) is 0 Å². The molecule has 0 saturated carbocycles. The molecule has 4 nitrogen and oxygen atoms in total. The minimum Gasteiger partial charge on any atom is -0.494 e. The van der Waals surface area contributed by atoms with E-state index in [9.17, 15) is 10.2 Å². The third-order valence-corrected chi connectivity index (χ3v) is 3.18. The molecule has 1 aromatic carbocycles. The van der Waals surface area contributed by atoms with Crippen LogP contribution in [0.15, 0.2) is 24.3 Å². The number of aliphatic hydroxyl groups excluding tert-OH is 2. The van der Waals surface area contributed by atoms with Crippen molar-refractivity contribution in [3.05, 3.63) is 29.8 Å². The van der Waals surface area contributed by atoms with Gasteiger partial charge in [0.25, 0.3) is 0 Å². The molecule has 0 aliphatic heterocycles. The van der Waals surface area contributed by atoms with E-state index in [1.807, 2.05) is 45.0 Å². The highest BCUT2D eigenvalue weighted by Gasteiger charge is 2.24. The summed E-state index contributed by atoms with van der Waals surface area (Å²) in [5.74, 6) is 0.819. The average Bonchev–Trinajstić information content (AvgIpc) is 2.44. The van der Waals surface area contributed by atoms with Crippen LogP contribution in [0, 0.1) is 0 Å². The van der Waals surface area contributed by atoms with E-state index < -0.39 is 11.6 Å². The molecule has 0 aliphatic carbocycles. The fourth-order valence-corrected chi connectivity index (χ4v) is 2.01. The molecule has 0 heterocycles. The molecule has 4 heteroatoms. The van der Waals surface area contributed by atoms with Crippen molar-refractivity contribution in [2.75, 3.05) is 13.2 Å². The number of nitrogens with one attached hydrogen (secondary N) is 1. The highest BCUT2D eigenvalue weighted by molar-refractivity contribution is 5.29. The van der Waals surface area contributed by atoms with Gasteiger partial charge in [0.1, 0.15) is 5.75 Å². The third kappa shape index (κ3) is 5.12. The van der Waals surface area contributed by atoms with Crippen LogP contribution >= 0.6 is 0 Å². The normalized spacial score (nSPS) is 14.9. The zero-order chi connectivity index (χ0) is 15.2. The summed E-state index contributed by atoms with van der Waals surface area (Å²) >= 11 is 0. The fraction of sp³-hybridized carbons (Fsp3) is 0.625. The van der Waals surface area contributed by atoms with Gasteiger partial charge in [0.05, 0.1) is 19.3 Å². The summed E-state index contributed by atoms with van der Waals surface area (Å²) in [6, 6.07) is 7.34. The Labute approximate surface area is 121 Å². The van der Waals surface area contributed by atoms with Crippen LogP contribution in [0.1, 0.15) is 45.8 Å². The van der Waals surface area contributed by atoms with E-state index in [4.69, 9.17) is 4.74 Å². The molecular weight excluding hydrogens is 254 g/mol. The van der Waals surface area contributed by atoms with Gasteiger partial charge in [-0.1, -0.05) is 19.1 Å². The summed E-state index contributed by atoms with van der Waals surface area (Å²) in [4.78, 5) is 0. The second-order valence-corrected chi connectivity index (χ2v) is 5.84. The molecule has 0 spiro atoms. The van der Waals surface area contributed by atoms with Crippen molar-refractivity contribution in [2.45, 2.75) is 51.8 Å². The van der Waals surface area contributed by atoms with Crippen molar-refractivity contribution in [1.29, 1.82) is 0 Å². The smallest absolute Gasteiger partial charge is 0.119 e. The topological polar surface area (TPSA) is 61.7 Å². The van der Waals surface area contributed by atoms with Crippen molar-refractivity contribution in [1.82, 2.24) is 5.32 Å². The zero-order valence-electron chi connectivity index (χ0n) is 12.9. The van der Waals surface area contributed by atoms with Crippen LogP contribution < -0.4 is 10.1 Å². The van der Waals surface area contributed by atoms with E-state index in [2.05, 4.69) is 12.2 Å². The molecule has 3 N–H and O–H groups in total. The van der Waals surface area contributed by atoms with Crippen LogP contribution in [0.25, 0.3) is 0 Å². The van der Waals surface area contributed by atoms with Gasteiger partial charge in [-0.2, -0.15) is 0 Å². The molecule has 1 rings (SSSR count). The third-order valence-electron chi connectivity index (χ3n) is 3.18. The van der Waals surface area contributed by atoms with Gasteiger partial charge >= 0.3 is 0 Å². The Morgan fingerprint density at radius 1 is 1.25 bits per heavy atom. The Hall–Kier alpha value is -1.10. The van der Waals surface area contributed by atoms with Gasteiger partial charge in [0.2, 0.25) is 0 Å². The average molecular weight is 281 g/mol. The Morgan fingerprint density at radius 3 is 2.35 bits per heavy atom. The van der Waals surface area contributed by atoms with E-state index >= 15 is 0 Å². The minimum atomic E-state index is -0.624. The first-order chi connectivity index (χ1) is 9.39. The van der Waals surface area contributed by atoms with Gasteiger partial charge in [-0.3, -0.25) is 0 Å². The van der Waals surface area contributed by atoms with Crippen molar-refractivity contribution in [2.24, 2.45) is 0 Å². The zero-order valence-corrected chi connectivity index (χ0v) is 12.9. The number of rotatable bonds is 8. The van der Waals surface area contributed by atoms with Crippen LogP contribution in [0.4, 0.5) is 0 Å². The molecule has 0 radical (unpaired) electrons. The number of ether oxygens (including phenoxy) is 1. The van der Waals surface area contributed by atoms with Gasteiger partial charge < -0.3 is 20.3 Å². The van der Waals surface area contributed by atoms with Gasteiger partial charge in [-0.15, -0.1) is 0 Å².